The first-order valence-electron chi connectivity index (χ1n) is 5.52. The molecule has 0 aliphatic heterocycles. The van der Waals surface area contributed by atoms with Crippen LogP contribution in [0.5, 0.6) is 0 Å². The van der Waals surface area contributed by atoms with Gasteiger partial charge in [-0.3, -0.25) is 0 Å². The highest BCUT2D eigenvalue weighted by atomic mass is 16.2. The maximum absolute atomic E-state index is 11.5. The summed E-state index contributed by atoms with van der Waals surface area (Å²) in [5, 5.41) is 5.56. The maximum atomic E-state index is 11.5. The van der Waals surface area contributed by atoms with Crippen molar-refractivity contribution in [2.24, 2.45) is 5.92 Å². The van der Waals surface area contributed by atoms with Gasteiger partial charge in [-0.2, -0.15) is 0 Å². The number of anilines is 2. The lowest BCUT2D eigenvalue weighted by atomic mass is 10.1. The lowest BCUT2D eigenvalue weighted by Crippen LogP contribution is -2.32. The summed E-state index contributed by atoms with van der Waals surface area (Å²) in [5.74, 6) is 0.497. The first-order chi connectivity index (χ1) is 7.61. The molecule has 1 rings (SSSR count). The van der Waals surface area contributed by atoms with Gasteiger partial charge in [0, 0.05) is 17.9 Å². The van der Waals surface area contributed by atoms with E-state index in [0.29, 0.717) is 18.2 Å². The molecule has 1 unspecified atom stereocenters. The minimum absolute atomic E-state index is 0.176. The Morgan fingerprint density at radius 2 is 2.00 bits per heavy atom. The van der Waals surface area contributed by atoms with Crippen LogP contribution in [0.15, 0.2) is 24.3 Å². The van der Waals surface area contributed by atoms with Gasteiger partial charge in [-0.05, 0) is 30.2 Å². The fraction of sp³-hybridized carbons (Fsp3) is 0.417. The number of carbonyl (C=O) groups excluding carboxylic acids is 1. The molecule has 1 aromatic rings. The van der Waals surface area contributed by atoms with Gasteiger partial charge in [0.1, 0.15) is 0 Å². The van der Waals surface area contributed by atoms with E-state index >= 15 is 0 Å². The predicted octanol–water partition coefficient (Wildman–Crippen LogP) is 2.44. The molecule has 0 saturated heterocycles. The number of nitrogens with one attached hydrogen (secondary N) is 2. The van der Waals surface area contributed by atoms with Crippen LogP contribution >= 0.6 is 0 Å². The van der Waals surface area contributed by atoms with Gasteiger partial charge >= 0.3 is 6.03 Å². The maximum Gasteiger partial charge on any atom is 0.319 e. The lowest BCUT2D eigenvalue weighted by molar-refractivity contribution is 0.250. The molecule has 0 fully saturated rings. The number of nitrogens with two attached hydrogens (primary N) is 1. The summed E-state index contributed by atoms with van der Waals surface area (Å²) in [6.07, 6.45) is 1.06. The van der Waals surface area contributed by atoms with Crippen molar-refractivity contribution in [3.63, 3.8) is 0 Å². The van der Waals surface area contributed by atoms with Crippen molar-refractivity contribution < 1.29 is 4.79 Å². The molecule has 4 nitrogen and oxygen atoms in total. The van der Waals surface area contributed by atoms with Crippen LogP contribution in [0.2, 0.25) is 0 Å². The smallest absolute Gasteiger partial charge is 0.319 e. The molecule has 4 N–H and O–H groups in total. The predicted molar refractivity (Wildman–Crippen MR) is 67.3 cm³/mol. The third-order valence-electron chi connectivity index (χ3n) is 2.48. The van der Waals surface area contributed by atoms with Gasteiger partial charge in [0.15, 0.2) is 0 Å². The van der Waals surface area contributed by atoms with E-state index in [1.165, 1.54) is 0 Å². The molecular weight excluding hydrogens is 202 g/mol. The van der Waals surface area contributed by atoms with Crippen molar-refractivity contribution in [2.75, 3.05) is 17.6 Å². The number of amides is 2. The molecule has 0 aromatic heterocycles. The van der Waals surface area contributed by atoms with Crippen molar-refractivity contribution in [3.05, 3.63) is 24.3 Å². The zero-order chi connectivity index (χ0) is 12.0. The second-order valence-corrected chi connectivity index (χ2v) is 3.97. The van der Waals surface area contributed by atoms with Crippen LogP contribution in [0.1, 0.15) is 20.3 Å². The van der Waals surface area contributed by atoms with E-state index in [2.05, 4.69) is 24.5 Å². The summed E-state index contributed by atoms with van der Waals surface area (Å²) in [7, 11) is 0. The Morgan fingerprint density at radius 1 is 1.38 bits per heavy atom. The van der Waals surface area contributed by atoms with E-state index in [1.807, 2.05) is 0 Å². The quantitative estimate of drug-likeness (QED) is 0.683. The molecule has 1 atom stereocenters. The Kier molecular flexibility index (Phi) is 4.64. The summed E-state index contributed by atoms with van der Waals surface area (Å²) in [6, 6.07) is 6.88. The standard InChI is InChI=1S/C12H19N3O/c1-3-9(2)8-14-12(16)15-11-6-4-10(13)5-7-11/h4-7,9H,3,8,13H2,1-2H3,(H2,14,15,16). The number of nitrogen functional groups attached to an aromatic ring is 1. The average Bonchev–Trinajstić information content (AvgIpc) is 2.29. The number of hydrogen-bond donors (Lipinski definition) is 3. The normalized spacial score (nSPS) is 11.9. The van der Waals surface area contributed by atoms with Crippen molar-refractivity contribution in [3.8, 4) is 0 Å². The number of urea groups is 1. The minimum atomic E-state index is -0.176. The molecule has 2 amide bonds. The molecule has 88 valence electrons. The van der Waals surface area contributed by atoms with Crippen LogP contribution in [0.3, 0.4) is 0 Å². The van der Waals surface area contributed by atoms with E-state index in [4.69, 9.17) is 5.73 Å². The highest BCUT2D eigenvalue weighted by Crippen LogP contribution is 2.10. The zero-order valence-electron chi connectivity index (χ0n) is 9.79. The summed E-state index contributed by atoms with van der Waals surface area (Å²) in [6.45, 7) is 4.89. The second-order valence-electron chi connectivity index (χ2n) is 3.97. The van der Waals surface area contributed by atoms with E-state index in [0.717, 1.165) is 12.1 Å². The molecule has 0 aliphatic carbocycles. The molecule has 0 radical (unpaired) electrons. The van der Waals surface area contributed by atoms with Gasteiger partial charge in [0.05, 0.1) is 0 Å². The Hall–Kier alpha value is -1.71. The highest BCUT2D eigenvalue weighted by molar-refractivity contribution is 5.89. The molecule has 0 bridgehead atoms. The molecule has 1 aromatic carbocycles. The topological polar surface area (TPSA) is 67.2 Å². The van der Waals surface area contributed by atoms with Crippen LogP contribution in [0.4, 0.5) is 16.2 Å². The van der Waals surface area contributed by atoms with Gasteiger partial charge in [0.25, 0.3) is 0 Å². The van der Waals surface area contributed by atoms with Crippen molar-refractivity contribution in [2.45, 2.75) is 20.3 Å². The fourth-order valence-corrected chi connectivity index (χ4v) is 1.15. The highest BCUT2D eigenvalue weighted by Gasteiger charge is 2.03. The Bertz CT molecular complexity index is 335. The first kappa shape index (κ1) is 12.4. The number of hydrogen-bond acceptors (Lipinski definition) is 2. The van der Waals surface area contributed by atoms with E-state index in [1.54, 1.807) is 24.3 Å². The first-order valence-corrected chi connectivity index (χ1v) is 5.52. The number of carbonyl (C=O) groups is 1. The molecule has 4 heteroatoms. The molecule has 0 heterocycles. The largest absolute Gasteiger partial charge is 0.399 e. The van der Waals surface area contributed by atoms with Gasteiger partial charge in [-0.25, -0.2) is 4.79 Å². The monoisotopic (exact) mass is 221 g/mol. The molecular formula is C12H19N3O. The fourth-order valence-electron chi connectivity index (χ4n) is 1.15. The van der Waals surface area contributed by atoms with E-state index in [9.17, 15) is 4.79 Å². The summed E-state index contributed by atoms with van der Waals surface area (Å²) < 4.78 is 0. The Labute approximate surface area is 96.2 Å². The third-order valence-corrected chi connectivity index (χ3v) is 2.48. The van der Waals surface area contributed by atoms with Gasteiger partial charge in [-0.15, -0.1) is 0 Å². The van der Waals surface area contributed by atoms with Crippen LogP contribution in [-0.4, -0.2) is 12.6 Å². The molecule has 0 aliphatic rings. The van der Waals surface area contributed by atoms with Crippen molar-refractivity contribution in [1.29, 1.82) is 0 Å². The zero-order valence-corrected chi connectivity index (χ0v) is 9.79. The van der Waals surface area contributed by atoms with E-state index < -0.39 is 0 Å². The molecule has 16 heavy (non-hydrogen) atoms. The SMILES string of the molecule is CCC(C)CNC(=O)Nc1ccc(N)cc1. The van der Waals surface area contributed by atoms with Gasteiger partial charge < -0.3 is 16.4 Å². The van der Waals surface area contributed by atoms with Crippen molar-refractivity contribution >= 4 is 17.4 Å². The van der Waals surface area contributed by atoms with Crippen LogP contribution < -0.4 is 16.4 Å². The average molecular weight is 221 g/mol. The number of benzene rings is 1. The molecule has 0 spiro atoms. The molecule has 0 saturated carbocycles. The van der Waals surface area contributed by atoms with Crippen LogP contribution in [-0.2, 0) is 0 Å². The van der Waals surface area contributed by atoms with Crippen LogP contribution in [0.25, 0.3) is 0 Å². The van der Waals surface area contributed by atoms with Gasteiger partial charge in [0.2, 0.25) is 0 Å². The minimum Gasteiger partial charge on any atom is -0.399 e. The van der Waals surface area contributed by atoms with Crippen molar-refractivity contribution in [1.82, 2.24) is 5.32 Å². The summed E-state index contributed by atoms with van der Waals surface area (Å²) in [4.78, 5) is 11.5. The Morgan fingerprint density at radius 3 is 2.56 bits per heavy atom. The number of rotatable bonds is 4. The Balaban J connectivity index is 2.37. The lowest BCUT2D eigenvalue weighted by Gasteiger charge is -2.11. The van der Waals surface area contributed by atoms with Crippen LogP contribution in [0, 0.1) is 5.92 Å². The third kappa shape index (κ3) is 4.21. The summed E-state index contributed by atoms with van der Waals surface area (Å²) in [5.41, 5.74) is 6.98. The summed E-state index contributed by atoms with van der Waals surface area (Å²) >= 11 is 0. The van der Waals surface area contributed by atoms with E-state index in [-0.39, 0.29) is 6.03 Å². The second kappa shape index (κ2) is 6.00. The van der Waals surface area contributed by atoms with Gasteiger partial charge in [-0.1, -0.05) is 20.3 Å².